The van der Waals surface area contributed by atoms with Gasteiger partial charge in [-0.1, -0.05) is 71.8 Å². The fourth-order valence-electron chi connectivity index (χ4n) is 2.71. The van der Waals surface area contributed by atoms with Crippen LogP contribution in [0.2, 0.25) is 5.02 Å². The van der Waals surface area contributed by atoms with Crippen molar-refractivity contribution in [1.82, 2.24) is 4.72 Å². The van der Waals surface area contributed by atoms with Crippen LogP contribution in [0.5, 0.6) is 0 Å². The molecule has 0 amide bonds. The maximum absolute atomic E-state index is 13.0. The summed E-state index contributed by atoms with van der Waals surface area (Å²) in [5, 5.41) is 0.582. The molecule has 3 rings (SSSR count). The molecule has 6 heteroatoms. The van der Waals surface area contributed by atoms with Crippen LogP contribution >= 0.6 is 11.6 Å². The van der Waals surface area contributed by atoms with E-state index >= 15 is 0 Å². The summed E-state index contributed by atoms with van der Waals surface area (Å²) < 4.78 is 27.8. The average molecular weight is 426 g/mol. The van der Waals surface area contributed by atoms with Crippen LogP contribution < -0.4 is 4.72 Å². The van der Waals surface area contributed by atoms with Crippen molar-refractivity contribution in [3.8, 4) is 0 Å². The van der Waals surface area contributed by atoms with E-state index in [0.717, 1.165) is 11.1 Å². The zero-order valence-corrected chi connectivity index (χ0v) is 17.4. The Morgan fingerprint density at radius 1 is 0.931 bits per heavy atom. The summed E-state index contributed by atoms with van der Waals surface area (Å²) in [6, 6.07) is 22.3. The van der Waals surface area contributed by atoms with Crippen LogP contribution in [0.4, 0.5) is 0 Å². The summed E-state index contributed by atoms with van der Waals surface area (Å²) in [6.07, 6.45) is 1.67. The molecular weight excluding hydrogens is 406 g/mol. The number of benzene rings is 3. The number of aryl methyl sites for hydroxylation is 1. The molecule has 4 nitrogen and oxygen atoms in total. The number of rotatable bonds is 7. The van der Waals surface area contributed by atoms with E-state index in [0.29, 0.717) is 16.2 Å². The lowest BCUT2D eigenvalue weighted by Gasteiger charge is -2.11. The summed E-state index contributed by atoms with van der Waals surface area (Å²) >= 11 is 5.93. The Labute approximate surface area is 175 Å². The number of halogens is 1. The molecular formula is C23H20ClNO3S. The Kier molecular flexibility index (Phi) is 6.64. The largest absolute Gasteiger partial charge is 0.289 e. The molecule has 29 heavy (non-hydrogen) atoms. The second-order valence-corrected chi connectivity index (χ2v) is 8.76. The smallest absolute Gasteiger partial charge is 0.240 e. The van der Waals surface area contributed by atoms with Crippen LogP contribution in [-0.2, 0) is 10.0 Å². The number of carbonyl (C=O) groups is 1. The third-order valence-electron chi connectivity index (χ3n) is 4.32. The van der Waals surface area contributed by atoms with E-state index in [9.17, 15) is 13.2 Å². The highest BCUT2D eigenvalue weighted by molar-refractivity contribution is 7.89. The number of hydrogen-bond donors (Lipinski definition) is 1. The Bertz CT molecular complexity index is 1120. The van der Waals surface area contributed by atoms with Gasteiger partial charge >= 0.3 is 0 Å². The molecule has 0 heterocycles. The minimum Gasteiger partial charge on any atom is -0.289 e. The summed E-state index contributed by atoms with van der Waals surface area (Å²) in [5.41, 5.74) is 2.53. The molecule has 0 aromatic heterocycles. The van der Waals surface area contributed by atoms with E-state index in [-0.39, 0.29) is 17.2 Å². The third-order valence-corrected chi connectivity index (χ3v) is 5.99. The number of sulfonamides is 1. The molecule has 0 fully saturated rings. The van der Waals surface area contributed by atoms with Gasteiger partial charge in [0.1, 0.15) is 0 Å². The van der Waals surface area contributed by atoms with Gasteiger partial charge in [0.25, 0.3) is 0 Å². The predicted octanol–water partition coefficient (Wildman–Crippen LogP) is 4.89. The molecule has 0 aliphatic heterocycles. The van der Waals surface area contributed by atoms with Crippen LogP contribution in [0.1, 0.15) is 21.5 Å². The maximum Gasteiger partial charge on any atom is 0.240 e. The first kappa shape index (κ1) is 21.0. The Balaban J connectivity index is 1.89. The van der Waals surface area contributed by atoms with Gasteiger partial charge in [0.2, 0.25) is 10.0 Å². The highest BCUT2D eigenvalue weighted by atomic mass is 35.5. The standard InChI is InChI=1S/C23H20ClNO3S/c1-17-7-13-22(14-8-17)29(27,28)25-16-20(15-18-9-11-21(24)12-10-18)23(26)19-5-3-2-4-6-19/h2-15,25H,16H2,1H3/b20-15+. The molecule has 148 valence electrons. The number of hydrogen-bond acceptors (Lipinski definition) is 3. The van der Waals surface area contributed by atoms with Gasteiger partial charge in [0.15, 0.2) is 5.78 Å². The molecule has 0 aliphatic carbocycles. The summed E-state index contributed by atoms with van der Waals surface area (Å²) in [6.45, 7) is 1.75. The fraction of sp³-hybridized carbons (Fsp3) is 0.0870. The number of Topliss-reactive ketones (excluding diaryl/α,β-unsaturated/α-hetero) is 1. The molecule has 1 N–H and O–H groups in total. The monoisotopic (exact) mass is 425 g/mol. The Morgan fingerprint density at radius 2 is 1.55 bits per heavy atom. The lowest BCUT2D eigenvalue weighted by atomic mass is 10.0. The topological polar surface area (TPSA) is 63.2 Å². The van der Waals surface area contributed by atoms with E-state index in [1.165, 1.54) is 0 Å². The lowest BCUT2D eigenvalue weighted by molar-refractivity contribution is 0.103. The molecule has 0 saturated carbocycles. The highest BCUT2D eigenvalue weighted by Crippen LogP contribution is 2.17. The van der Waals surface area contributed by atoms with Gasteiger partial charge in [-0.15, -0.1) is 0 Å². The Hall–Kier alpha value is -2.73. The Morgan fingerprint density at radius 3 is 2.17 bits per heavy atom. The van der Waals surface area contributed by atoms with Gasteiger partial charge in [-0.2, -0.15) is 0 Å². The van der Waals surface area contributed by atoms with Gasteiger partial charge in [0, 0.05) is 22.7 Å². The molecule has 0 atom stereocenters. The molecule has 0 saturated heterocycles. The fourth-order valence-corrected chi connectivity index (χ4v) is 3.84. The second-order valence-electron chi connectivity index (χ2n) is 6.55. The van der Waals surface area contributed by atoms with E-state index in [4.69, 9.17) is 11.6 Å². The van der Waals surface area contributed by atoms with Crippen LogP contribution in [0.25, 0.3) is 6.08 Å². The van der Waals surface area contributed by atoms with Gasteiger partial charge in [-0.3, -0.25) is 4.79 Å². The van der Waals surface area contributed by atoms with E-state index in [1.807, 2.05) is 13.0 Å². The SMILES string of the molecule is Cc1ccc(S(=O)(=O)NC/C(=C\c2ccc(Cl)cc2)C(=O)c2ccccc2)cc1. The van der Waals surface area contributed by atoms with Crippen molar-refractivity contribution in [1.29, 1.82) is 0 Å². The quantitative estimate of drug-likeness (QED) is 0.433. The van der Waals surface area contributed by atoms with Crippen molar-refractivity contribution in [2.45, 2.75) is 11.8 Å². The number of nitrogens with one attached hydrogen (secondary N) is 1. The van der Waals surface area contributed by atoms with Crippen LogP contribution in [0.15, 0.2) is 89.3 Å². The minimum absolute atomic E-state index is 0.132. The van der Waals surface area contributed by atoms with Gasteiger partial charge < -0.3 is 0 Å². The first-order valence-electron chi connectivity index (χ1n) is 8.97. The first-order chi connectivity index (χ1) is 13.8. The normalized spacial score (nSPS) is 12.0. The van der Waals surface area contributed by atoms with Gasteiger partial charge in [-0.25, -0.2) is 13.1 Å². The zero-order valence-electron chi connectivity index (χ0n) is 15.8. The van der Waals surface area contributed by atoms with Crippen molar-refractivity contribution in [3.05, 3.63) is 106 Å². The molecule has 0 bridgehead atoms. The minimum atomic E-state index is -3.75. The summed E-state index contributed by atoms with van der Waals surface area (Å²) in [7, 11) is -3.75. The number of ketones is 1. The van der Waals surface area contributed by atoms with Gasteiger partial charge in [0.05, 0.1) is 4.90 Å². The van der Waals surface area contributed by atoms with Crippen LogP contribution in [-0.4, -0.2) is 20.7 Å². The zero-order chi connectivity index (χ0) is 20.9. The molecule has 3 aromatic rings. The summed E-state index contributed by atoms with van der Waals surface area (Å²) in [4.78, 5) is 13.1. The van der Waals surface area contributed by atoms with Crippen molar-refractivity contribution in [2.75, 3.05) is 6.54 Å². The highest BCUT2D eigenvalue weighted by Gasteiger charge is 2.18. The lowest BCUT2D eigenvalue weighted by Crippen LogP contribution is -2.28. The van der Waals surface area contributed by atoms with Crippen molar-refractivity contribution in [3.63, 3.8) is 0 Å². The molecule has 0 spiro atoms. The van der Waals surface area contributed by atoms with Crippen molar-refractivity contribution >= 4 is 33.5 Å². The third kappa shape index (κ3) is 5.64. The molecule has 0 unspecified atom stereocenters. The van der Waals surface area contributed by atoms with Crippen LogP contribution in [0.3, 0.4) is 0 Å². The van der Waals surface area contributed by atoms with Crippen LogP contribution in [0, 0.1) is 6.92 Å². The average Bonchev–Trinajstić information content (AvgIpc) is 2.73. The maximum atomic E-state index is 13.0. The number of carbonyl (C=O) groups excluding carboxylic acids is 1. The molecule has 0 aliphatic rings. The summed E-state index contributed by atoms with van der Waals surface area (Å²) in [5.74, 6) is -0.243. The van der Waals surface area contributed by atoms with Gasteiger partial charge in [-0.05, 0) is 42.8 Å². The molecule has 0 radical (unpaired) electrons. The van der Waals surface area contributed by atoms with E-state index in [1.54, 1.807) is 78.9 Å². The van der Waals surface area contributed by atoms with E-state index < -0.39 is 10.0 Å². The van der Waals surface area contributed by atoms with Crippen molar-refractivity contribution < 1.29 is 13.2 Å². The molecule has 3 aromatic carbocycles. The second kappa shape index (κ2) is 9.18. The van der Waals surface area contributed by atoms with E-state index in [2.05, 4.69) is 4.72 Å². The first-order valence-corrected chi connectivity index (χ1v) is 10.8. The van der Waals surface area contributed by atoms with Crippen molar-refractivity contribution in [2.24, 2.45) is 0 Å². The predicted molar refractivity (Wildman–Crippen MR) is 117 cm³/mol.